The molecule has 34 heavy (non-hydrogen) atoms. The SMILES string of the molecule is O=C(NCC1CC1)c1c(NC(=O)C2CC2)sc2c1CC(Cn1cnnc1NC1CCOC1)CC2. The number of rotatable bonds is 9. The first-order valence-corrected chi connectivity index (χ1v) is 13.4. The van der Waals surface area contributed by atoms with Gasteiger partial charge in [0.15, 0.2) is 0 Å². The summed E-state index contributed by atoms with van der Waals surface area (Å²) in [5.74, 6) is 1.90. The number of hydrogen-bond acceptors (Lipinski definition) is 7. The zero-order valence-corrected chi connectivity index (χ0v) is 20.2. The lowest BCUT2D eigenvalue weighted by Crippen LogP contribution is -2.29. The van der Waals surface area contributed by atoms with Gasteiger partial charge >= 0.3 is 0 Å². The van der Waals surface area contributed by atoms with Crippen LogP contribution in [0.3, 0.4) is 0 Å². The molecule has 1 aliphatic heterocycles. The van der Waals surface area contributed by atoms with Crippen LogP contribution in [0.5, 0.6) is 0 Å². The highest BCUT2D eigenvalue weighted by atomic mass is 32.1. The zero-order valence-electron chi connectivity index (χ0n) is 19.3. The van der Waals surface area contributed by atoms with Gasteiger partial charge in [0.2, 0.25) is 11.9 Å². The van der Waals surface area contributed by atoms with Gasteiger partial charge in [-0.3, -0.25) is 14.2 Å². The summed E-state index contributed by atoms with van der Waals surface area (Å²) in [7, 11) is 0. The van der Waals surface area contributed by atoms with Crippen LogP contribution in [-0.4, -0.2) is 52.4 Å². The average molecular weight is 485 g/mol. The maximum Gasteiger partial charge on any atom is 0.254 e. The molecule has 0 spiro atoms. The van der Waals surface area contributed by atoms with Crippen molar-refractivity contribution in [3.8, 4) is 0 Å². The first kappa shape index (κ1) is 22.0. The van der Waals surface area contributed by atoms with Crippen molar-refractivity contribution in [3.63, 3.8) is 0 Å². The summed E-state index contributed by atoms with van der Waals surface area (Å²) in [6.45, 7) is 3.00. The van der Waals surface area contributed by atoms with Gasteiger partial charge in [0.25, 0.3) is 5.91 Å². The van der Waals surface area contributed by atoms with E-state index in [4.69, 9.17) is 4.74 Å². The van der Waals surface area contributed by atoms with Crippen LogP contribution in [0.2, 0.25) is 0 Å². The summed E-state index contributed by atoms with van der Waals surface area (Å²) in [5, 5.41) is 18.8. The number of aromatic nitrogens is 3. The van der Waals surface area contributed by atoms with Gasteiger partial charge in [-0.05, 0) is 68.8 Å². The molecule has 10 heteroatoms. The van der Waals surface area contributed by atoms with E-state index >= 15 is 0 Å². The molecule has 1 saturated heterocycles. The summed E-state index contributed by atoms with van der Waals surface area (Å²) in [6.07, 6.45) is 9.83. The maximum atomic E-state index is 13.3. The Morgan fingerprint density at radius 1 is 1.15 bits per heavy atom. The van der Waals surface area contributed by atoms with Crippen molar-refractivity contribution in [1.29, 1.82) is 0 Å². The lowest BCUT2D eigenvalue weighted by molar-refractivity contribution is -0.117. The van der Waals surface area contributed by atoms with Crippen LogP contribution in [0, 0.1) is 17.8 Å². The third-order valence-corrected chi connectivity index (χ3v) is 8.56. The fourth-order valence-corrected chi connectivity index (χ4v) is 6.20. The fraction of sp³-hybridized carbons (Fsp3) is 0.667. The molecule has 2 saturated carbocycles. The van der Waals surface area contributed by atoms with Crippen LogP contribution < -0.4 is 16.0 Å². The number of nitrogens with zero attached hydrogens (tertiary/aromatic N) is 3. The van der Waals surface area contributed by atoms with Crippen molar-refractivity contribution in [3.05, 3.63) is 22.3 Å². The van der Waals surface area contributed by atoms with E-state index in [1.807, 2.05) is 0 Å². The van der Waals surface area contributed by atoms with E-state index in [1.54, 1.807) is 17.7 Å². The van der Waals surface area contributed by atoms with Crippen molar-refractivity contribution in [2.24, 2.45) is 17.8 Å². The quantitative estimate of drug-likeness (QED) is 0.505. The van der Waals surface area contributed by atoms with Crippen molar-refractivity contribution in [2.75, 3.05) is 30.4 Å². The highest BCUT2D eigenvalue weighted by Crippen LogP contribution is 2.41. The number of amides is 2. The number of carbonyl (C=O) groups is 2. The van der Waals surface area contributed by atoms with Gasteiger partial charge in [-0.25, -0.2) is 0 Å². The van der Waals surface area contributed by atoms with Crippen LogP contribution in [0.15, 0.2) is 6.33 Å². The molecule has 0 radical (unpaired) electrons. The van der Waals surface area contributed by atoms with Crippen molar-refractivity contribution in [2.45, 2.75) is 64.0 Å². The van der Waals surface area contributed by atoms with E-state index < -0.39 is 0 Å². The molecule has 2 aromatic heterocycles. The molecule has 0 aromatic carbocycles. The standard InChI is InChI=1S/C24H32N6O3S/c31-21(16-4-5-16)28-23-20(22(32)25-10-14-1-2-14)18-9-15(3-6-19(18)34-23)11-30-13-26-29-24(30)27-17-7-8-33-12-17/h13-17H,1-12H2,(H,25,32)(H,27,29)(H,28,31). The Hall–Kier alpha value is -2.46. The van der Waals surface area contributed by atoms with Crippen molar-refractivity contribution < 1.29 is 14.3 Å². The highest BCUT2D eigenvalue weighted by molar-refractivity contribution is 7.17. The van der Waals surface area contributed by atoms with Gasteiger partial charge in [-0.15, -0.1) is 21.5 Å². The molecular weight excluding hydrogens is 452 g/mol. The van der Waals surface area contributed by atoms with Crippen LogP contribution in [-0.2, 0) is 28.9 Å². The van der Waals surface area contributed by atoms with Crippen molar-refractivity contribution >= 4 is 34.1 Å². The Labute approximate surface area is 203 Å². The number of anilines is 2. The van der Waals surface area contributed by atoms with Crippen molar-refractivity contribution in [1.82, 2.24) is 20.1 Å². The van der Waals surface area contributed by atoms with Gasteiger partial charge in [-0.2, -0.15) is 0 Å². The second kappa shape index (κ2) is 9.30. The normalized spacial score (nSPS) is 24.0. The number of aryl methyl sites for hydroxylation is 1. The lowest BCUT2D eigenvalue weighted by Gasteiger charge is -2.24. The van der Waals surface area contributed by atoms with Crippen LogP contribution >= 0.6 is 11.3 Å². The molecule has 2 atom stereocenters. The molecule has 2 amide bonds. The Kier molecular flexibility index (Phi) is 6.02. The predicted octanol–water partition coefficient (Wildman–Crippen LogP) is 2.83. The molecule has 3 N–H and O–H groups in total. The van der Waals surface area contributed by atoms with Gasteiger partial charge in [0.1, 0.15) is 11.3 Å². The van der Waals surface area contributed by atoms with Crippen LogP contribution in [0.4, 0.5) is 10.9 Å². The summed E-state index contributed by atoms with van der Waals surface area (Å²) in [4.78, 5) is 27.0. The smallest absolute Gasteiger partial charge is 0.254 e. The van der Waals surface area contributed by atoms with Gasteiger partial charge < -0.3 is 20.7 Å². The predicted molar refractivity (Wildman–Crippen MR) is 129 cm³/mol. The second-order valence-electron chi connectivity index (χ2n) is 10.2. The lowest BCUT2D eigenvalue weighted by atomic mass is 9.86. The molecule has 182 valence electrons. The Morgan fingerprint density at radius 2 is 2.03 bits per heavy atom. The Morgan fingerprint density at radius 3 is 2.79 bits per heavy atom. The summed E-state index contributed by atoms with van der Waals surface area (Å²) in [5.41, 5.74) is 1.82. The summed E-state index contributed by atoms with van der Waals surface area (Å²) >= 11 is 1.60. The second-order valence-corrected chi connectivity index (χ2v) is 11.4. The third kappa shape index (κ3) is 4.84. The minimum absolute atomic E-state index is 0.0379. The number of carbonyl (C=O) groups excluding carboxylic acids is 2. The number of nitrogens with one attached hydrogen (secondary N) is 3. The Bertz CT molecular complexity index is 1070. The van der Waals surface area contributed by atoms with Gasteiger partial charge in [-0.1, -0.05) is 0 Å². The largest absolute Gasteiger partial charge is 0.379 e. The van der Waals surface area contributed by atoms with Gasteiger partial charge in [0.05, 0.1) is 18.2 Å². The van der Waals surface area contributed by atoms with Crippen LogP contribution in [0.1, 0.15) is 59.3 Å². The van der Waals surface area contributed by atoms with Crippen LogP contribution in [0.25, 0.3) is 0 Å². The molecule has 3 heterocycles. The van der Waals surface area contributed by atoms with E-state index in [1.165, 1.54) is 17.7 Å². The van der Waals surface area contributed by atoms with E-state index in [0.717, 1.165) is 74.7 Å². The minimum Gasteiger partial charge on any atom is -0.379 e. The molecule has 0 bridgehead atoms. The van der Waals surface area contributed by atoms with E-state index in [0.29, 0.717) is 24.0 Å². The third-order valence-electron chi connectivity index (χ3n) is 7.36. The maximum absolute atomic E-state index is 13.3. The number of ether oxygens (including phenoxy) is 1. The molecule has 3 aliphatic carbocycles. The monoisotopic (exact) mass is 484 g/mol. The highest BCUT2D eigenvalue weighted by Gasteiger charge is 2.34. The topological polar surface area (TPSA) is 110 Å². The molecule has 9 nitrogen and oxygen atoms in total. The minimum atomic E-state index is -0.0379. The average Bonchev–Trinajstić information content (AvgIpc) is 3.73. The molecule has 6 rings (SSSR count). The van der Waals surface area contributed by atoms with E-state index in [2.05, 4.69) is 30.7 Å². The van der Waals surface area contributed by atoms with E-state index in [9.17, 15) is 9.59 Å². The fourth-order valence-electron chi connectivity index (χ4n) is 4.96. The Balaban J connectivity index is 1.19. The van der Waals surface area contributed by atoms with E-state index in [-0.39, 0.29) is 23.8 Å². The zero-order chi connectivity index (χ0) is 23.1. The molecule has 2 unspecified atom stereocenters. The van der Waals surface area contributed by atoms with Gasteiger partial charge in [0, 0.05) is 30.5 Å². The first-order chi connectivity index (χ1) is 16.6. The number of thiophene rings is 1. The summed E-state index contributed by atoms with van der Waals surface area (Å²) in [6, 6.07) is 0.275. The molecule has 2 aromatic rings. The molecule has 4 aliphatic rings. The molecular formula is C24H32N6O3S. The number of hydrogen-bond donors (Lipinski definition) is 3. The first-order valence-electron chi connectivity index (χ1n) is 12.6. The summed E-state index contributed by atoms with van der Waals surface area (Å²) < 4.78 is 7.56. The number of fused-ring (bicyclic) bond motifs is 1. The molecule has 3 fully saturated rings.